The maximum Gasteiger partial charge on any atom is 0.0685 e. The lowest BCUT2D eigenvalue weighted by Crippen LogP contribution is -2.32. The third kappa shape index (κ3) is 5.56. The van der Waals surface area contributed by atoms with Crippen molar-refractivity contribution in [2.75, 3.05) is 13.2 Å². The summed E-state index contributed by atoms with van der Waals surface area (Å²) in [6.45, 7) is 10.6. The first-order chi connectivity index (χ1) is 5.72. The fraction of sp³-hybridized carbons (Fsp3) is 1.00. The maximum atomic E-state index is 5.62. The molecule has 0 aromatic rings. The molecule has 0 atom stereocenters. The van der Waals surface area contributed by atoms with E-state index in [1.54, 1.807) is 0 Å². The van der Waals surface area contributed by atoms with Crippen LogP contribution in [0.4, 0.5) is 0 Å². The van der Waals surface area contributed by atoms with Crippen molar-refractivity contribution in [1.82, 2.24) is 5.06 Å². The van der Waals surface area contributed by atoms with E-state index in [0.29, 0.717) is 6.04 Å². The maximum absolute atomic E-state index is 5.62. The van der Waals surface area contributed by atoms with E-state index in [0.717, 1.165) is 26.0 Å². The van der Waals surface area contributed by atoms with E-state index in [9.17, 15) is 0 Å². The number of nitrogens with zero attached hydrogens (tertiary/aromatic N) is 1. The largest absolute Gasteiger partial charge is 0.299 e. The second kappa shape index (κ2) is 7.56. The van der Waals surface area contributed by atoms with Gasteiger partial charge in [-0.3, -0.25) is 4.84 Å². The third-order valence-corrected chi connectivity index (χ3v) is 1.77. The lowest BCUT2D eigenvalue weighted by atomic mass is 10.3. The monoisotopic (exact) mass is 173 g/mol. The summed E-state index contributed by atoms with van der Waals surface area (Å²) in [5, 5.41) is 2.08. The molecule has 0 heterocycles. The molecule has 0 radical (unpaired) electrons. The van der Waals surface area contributed by atoms with Crippen LogP contribution in [-0.2, 0) is 4.84 Å². The summed E-state index contributed by atoms with van der Waals surface area (Å²) in [7, 11) is 0. The molecule has 74 valence electrons. The summed E-state index contributed by atoms with van der Waals surface area (Å²) < 4.78 is 0. The highest BCUT2D eigenvalue weighted by atomic mass is 16.7. The highest BCUT2D eigenvalue weighted by Gasteiger charge is 2.07. The Morgan fingerprint density at radius 2 is 1.83 bits per heavy atom. The van der Waals surface area contributed by atoms with E-state index in [1.807, 2.05) is 0 Å². The summed E-state index contributed by atoms with van der Waals surface area (Å²) in [5.41, 5.74) is 0. The zero-order valence-electron chi connectivity index (χ0n) is 8.97. The molecule has 0 aliphatic heterocycles. The van der Waals surface area contributed by atoms with E-state index in [-0.39, 0.29) is 0 Å². The Kier molecular flexibility index (Phi) is 7.51. The van der Waals surface area contributed by atoms with Gasteiger partial charge in [0.2, 0.25) is 0 Å². The molecule has 0 aliphatic carbocycles. The van der Waals surface area contributed by atoms with Crippen LogP contribution < -0.4 is 0 Å². The molecule has 0 aliphatic rings. The standard InChI is InChI=1S/C10H23NO/c1-5-7-9-12-11(8-6-2)10(3)4/h10H,5-9H2,1-4H3. The zero-order valence-corrected chi connectivity index (χ0v) is 8.97. The topological polar surface area (TPSA) is 12.5 Å². The normalized spacial score (nSPS) is 11.5. The summed E-state index contributed by atoms with van der Waals surface area (Å²) >= 11 is 0. The Bertz CT molecular complexity index is 93.8. The summed E-state index contributed by atoms with van der Waals surface area (Å²) in [5.74, 6) is 0. The van der Waals surface area contributed by atoms with Crippen molar-refractivity contribution in [1.29, 1.82) is 0 Å². The lowest BCUT2D eigenvalue weighted by molar-refractivity contribution is -0.179. The van der Waals surface area contributed by atoms with Gasteiger partial charge in [-0.05, 0) is 26.7 Å². The average Bonchev–Trinajstić information content (AvgIpc) is 2.03. The van der Waals surface area contributed by atoms with Crippen molar-refractivity contribution in [2.45, 2.75) is 53.0 Å². The molecule has 0 amide bonds. The van der Waals surface area contributed by atoms with Crippen LogP contribution >= 0.6 is 0 Å². The fourth-order valence-corrected chi connectivity index (χ4v) is 1.02. The first-order valence-electron chi connectivity index (χ1n) is 5.11. The third-order valence-electron chi connectivity index (χ3n) is 1.77. The van der Waals surface area contributed by atoms with Crippen molar-refractivity contribution in [3.63, 3.8) is 0 Å². The van der Waals surface area contributed by atoms with Crippen LogP contribution in [0.25, 0.3) is 0 Å². The molecule has 0 fully saturated rings. The molecule has 0 rings (SSSR count). The zero-order chi connectivity index (χ0) is 9.40. The van der Waals surface area contributed by atoms with Gasteiger partial charge in [-0.2, -0.15) is 5.06 Å². The minimum absolute atomic E-state index is 0.502. The molecular formula is C10H23NO. The van der Waals surface area contributed by atoms with E-state index < -0.39 is 0 Å². The van der Waals surface area contributed by atoms with Crippen molar-refractivity contribution in [3.8, 4) is 0 Å². The van der Waals surface area contributed by atoms with Crippen LogP contribution in [0.1, 0.15) is 47.0 Å². The van der Waals surface area contributed by atoms with Crippen LogP contribution in [0.5, 0.6) is 0 Å². The summed E-state index contributed by atoms with van der Waals surface area (Å²) in [6, 6.07) is 0.502. The number of hydroxylamine groups is 2. The first kappa shape index (κ1) is 11.9. The molecule has 0 spiro atoms. The SMILES string of the molecule is CCCCON(CCC)C(C)C. The number of unbranched alkanes of at least 4 members (excludes halogenated alkanes) is 1. The van der Waals surface area contributed by atoms with Crippen LogP contribution in [-0.4, -0.2) is 24.3 Å². The quantitative estimate of drug-likeness (QED) is 0.433. The summed E-state index contributed by atoms with van der Waals surface area (Å²) in [6.07, 6.45) is 3.52. The molecule has 0 N–H and O–H groups in total. The Morgan fingerprint density at radius 1 is 1.17 bits per heavy atom. The molecule has 2 nitrogen and oxygen atoms in total. The summed E-state index contributed by atoms with van der Waals surface area (Å²) in [4.78, 5) is 5.62. The molecule has 0 aromatic carbocycles. The lowest BCUT2D eigenvalue weighted by Gasteiger charge is -2.24. The molecule has 0 saturated heterocycles. The Balaban J connectivity index is 3.49. The Labute approximate surface area is 76.9 Å². The molecule has 0 saturated carbocycles. The van der Waals surface area contributed by atoms with Crippen LogP contribution in [0, 0.1) is 0 Å². The van der Waals surface area contributed by atoms with Gasteiger partial charge in [0.1, 0.15) is 0 Å². The number of hydrogen-bond acceptors (Lipinski definition) is 2. The van der Waals surface area contributed by atoms with Gasteiger partial charge in [-0.25, -0.2) is 0 Å². The van der Waals surface area contributed by atoms with Gasteiger partial charge in [-0.1, -0.05) is 20.3 Å². The van der Waals surface area contributed by atoms with Crippen LogP contribution in [0.3, 0.4) is 0 Å². The molecular weight excluding hydrogens is 150 g/mol. The van der Waals surface area contributed by atoms with Crippen molar-refractivity contribution in [3.05, 3.63) is 0 Å². The van der Waals surface area contributed by atoms with E-state index >= 15 is 0 Å². The van der Waals surface area contributed by atoms with Gasteiger partial charge in [-0.15, -0.1) is 0 Å². The number of rotatable bonds is 7. The van der Waals surface area contributed by atoms with Gasteiger partial charge in [0.25, 0.3) is 0 Å². The molecule has 0 unspecified atom stereocenters. The number of hydrogen-bond donors (Lipinski definition) is 0. The Hall–Kier alpha value is -0.0800. The van der Waals surface area contributed by atoms with E-state index in [2.05, 4.69) is 32.8 Å². The minimum atomic E-state index is 0.502. The predicted octanol–water partition coefficient (Wildman–Crippen LogP) is 2.84. The van der Waals surface area contributed by atoms with Crippen molar-refractivity contribution in [2.24, 2.45) is 0 Å². The molecule has 12 heavy (non-hydrogen) atoms. The highest BCUT2D eigenvalue weighted by Crippen LogP contribution is 2.01. The second-order valence-corrected chi connectivity index (χ2v) is 3.42. The Morgan fingerprint density at radius 3 is 2.25 bits per heavy atom. The van der Waals surface area contributed by atoms with Gasteiger partial charge < -0.3 is 0 Å². The molecule has 0 bridgehead atoms. The van der Waals surface area contributed by atoms with E-state index in [4.69, 9.17) is 4.84 Å². The predicted molar refractivity (Wildman–Crippen MR) is 53.0 cm³/mol. The van der Waals surface area contributed by atoms with Crippen LogP contribution in [0.15, 0.2) is 0 Å². The fourth-order valence-electron chi connectivity index (χ4n) is 1.02. The van der Waals surface area contributed by atoms with Gasteiger partial charge in [0.05, 0.1) is 6.61 Å². The average molecular weight is 173 g/mol. The molecule has 2 heteroatoms. The van der Waals surface area contributed by atoms with Gasteiger partial charge in [0, 0.05) is 12.6 Å². The first-order valence-corrected chi connectivity index (χ1v) is 5.11. The minimum Gasteiger partial charge on any atom is -0.299 e. The van der Waals surface area contributed by atoms with Crippen LogP contribution in [0.2, 0.25) is 0 Å². The van der Waals surface area contributed by atoms with E-state index in [1.165, 1.54) is 6.42 Å². The highest BCUT2D eigenvalue weighted by molar-refractivity contribution is 4.50. The van der Waals surface area contributed by atoms with Crippen molar-refractivity contribution < 1.29 is 4.84 Å². The molecule has 0 aromatic heterocycles. The van der Waals surface area contributed by atoms with Gasteiger partial charge >= 0.3 is 0 Å². The second-order valence-electron chi connectivity index (χ2n) is 3.42. The smallest absolute Gasteiger partial charge is 0.0685 e. The van der Waals surface area contributed by atoms with Crippen molar-refractivity contribution >= 4 is 0 Å². The van der Waals surface area contributed by atoms with Gasteiger partial charge in [0.15, 0.2) is 0 Å².